The number of methoxy groups -OCH3 is 2. The minimum absolute atomic E-state index is 0.00358. The quantitative estimate of drug-likeness (QED) is 0.440. The van der Waals surface area contributed by atoms with Crippen molar-refractivity contribution in [1.29, 1.82) is 0 Å². The van der Waals surface area contributed by atoms with Gasteiger partial charge in [-0.2, -0.15) is 0 Å². The van der Waals surface area contributed by atoms with Gasteiger partial charge in [-0.05, 0) is 55.3 Å². The van der Waals surface area contributed by atoms with Crippen LogP contribution in [-0.4, -0.2) is 52.1 Å². The van der Waals surface area contributed by atoms with E-state index in [0.29, 0.717) is 11.8 Å². The molecule has 1 saturated carbocycles. The maximum absolute atomic E-state index is 13.3. The average Bonchev–Trinajstić information content (AvgIpc) is 3.24. The van der Waals surface area contributed by atoms with Gasteiger partial charge in [0.1, 0.15) is 11.5 Å². The molecular formula is C23H26N4O3S2. The minimum atomic E-state index is -0.00358. The summed E-state index contributed by atoms with van der Waals surface area (Å²) >= 11 is 3.16. The lowest BCUT2D eigenvalue weighted by molar-refractivity contribution is -0.129. The van der Waals surface area contributed by atoms with E-state index in [-0.39, 0.29) is 11.9 Å². The number of hydrogen-bond donors (Lipinski definition) is 0. The van der Waals surface area contributed by atoms with Gasteiger partial charge in [-0.25, -0.2) is 0 Å². The van der Waals surface area contributed by atoms with Crippen LogP contribution in [0.5, 0.6) is 11.5 Å². The maximum atomic E-state index is 13.3. The van der Waals surface area contributed by atoms with Crippen LogP contribution in [0.2, 0.25) is 0 Å². The van der Waals surface area contributed by atoms with Crippen LogP contribution in [-0.2, 0) is 4.79 Å². The van der Waals surface area contributed by atoms with Gasteiger partial charge in [0.25, 0.3) is 0 Å². The molecule has 3 aromatic rings. The first-order valence-corrected chi connectivity index (χ1v) is 12.7. The topological polar surface area (TPSA) is 69.5 Å². The zero-order valence-electron chi connectivity index (χ0n) is 18.2. The van der Waals surface area contributed by atoms with Crippen molar-refractivity contribution in [1.82, 2.24) is 19.7 Å². The predicted octanol–water partition coefficient (Wildman–Crippen LogP) is 4.81. The zero-order chi connectivity index (χ0) is 22.1. The Hall–Kier alpha value is -2.52. The SMILES string of the molecule is COc1ccc(OC)c([C@@H]2CCCN2C(=O)CSc2nnc(-c3cccs3)n2C2CC2)c1. The summed E-state index contributed by atoms with van der Waals surface area (Å²) in [5.41, 5.74) is 1.00. The second-order valence-corrected chi connectivity index (χ2v) is 9.92. The van der Waals surface area contributed by atoms with Crippen molar-refractivity contribution in [2.75, 3.05) is 26.5 Å². The minimum Gasteiger partial charge on any atom is -0.497 e. The first kappa shape index (κ1) is 21.3. The number of ether oxygens (including phenoxy) is 2. The molecule has 2 aromatic heterocycles. The molecule has 0 spiro atoms. The number of carbonyl (C=O) groups is 1. The molecule has 0 unspecified atom stereocenters. The van der Waals surface area contributed by atoms with Crippen LogP contribution in [0.4, 0.5) is 0 Å². The number of hydrogen-bond acceptors (Lipinski definition) is 7. The number of rotatable bonds is 8. The molecule has 1 saturated heterocycles. The molecule has 0 bridgehead atoms. The molecule has 5 rings (SSSR count). The van der Waals surface area contributed by atoms with E-state index in [1.54, 1.807) is 25.6 Å². The molecule has 32 heavy (non-hydrogen) atoms. The lowest BCUT2D eigenvalue weighted by Crippen LogP contribution is -2.32. The zero-order valence-corrected chi connectivity index (χ0v) is 19.8. The van der Waals surface area contributed by atoms with Gasteiger partial charge in [-0.1, -0.05) is 17.8 Å². The Balaban J connectivity index is 1.33. The van der Waals surface area contributed by atoms with Gasteiger partial charge < -0.3 is 14.4 Å². The summed E-state index contributed by atoms with van der Waals surface area (Å²) in [6, 6.07) is 10.3. The summed E-state index contributed by atoms with van der Waals surface area (Å²) < 4.78 is 13.2. The lowest BCUT2D eigenvalue weighted by Gasteiger charge is -2.26. The summed E-state index contributed by atoms with van der Waals surface area (Å²) in [7, 11) is 3.32. The second kappa shape index (κ2) is 9.15. The molecule has 0 radical (unpaired) electrons. The van der Waals surface area contributed by atoms with Crippen molar-refractivity contribution in [3.63, 3.8) is 0 Å². The molecule has 1 aliphatic heterocycles. The van der Waals surface area contributed by atoms with E-state index >= 15 is 0 Å². The third-order valence-corrected chi connectivity index (χ3v) is 7.81. The highest BCUT2D eigenvalue weighted by atomic mass is 32.2. The van der Waals surface area contributed by atoms with E-state index in [2.05, 4.69) is 26.2 Å². The Bertz CT molecular complexity index is 1090. The van der Waals surface area contributed by atoms with Gasteiger partial charge >= 0.3 is 0 Å². The predicted molar refractivity (Wildman–Crippen MR) is 126 cm³/mol. The summed E-state index contributed by atoms with van der Waals surface area (Å²) in [6.45, 7) is 0.750. The number of likely N-dealkylation sites (tertiary alicyclic amines) is 1. The van der Waals surface area contributed by atoms with Crippen molar-refractivity contribution in [2.45, 2.75) is 42.9 Å². The number of nitrogens with zero attached hydrogens (tertiary/aromatic N) is 4. The Morgan fingerprint density at radius 3 is 2.78 bits per heavy atom. The number of aromatic nitrogens is 3. The fourth-order valence-electron chi connectivity index (χ4n) is 4.31. The van der Waals surface area contributed by atoms with E-state index in [1.807, 2.05) is 29.2 Å². The van der Waals surface area contributed by atoms with Crippen LogP contribution < -0.4 is 9.47 Å². The Kier molecular flexibility index (Phi) is 6.10. The largest absolute Gasteiger partial charge is 0.497 e. The van der Waals surface area contributed by atoms with Crippen molar-refractivity contribution >= 4 is 29.0 Å². The molecule has 2 fully saturated rings. The number of benzene rings is 1. The highest BCUT2D eigenvalue weighted by Gasteiger charge is 2.34. The molecule has 1 aliphatic carbocycles. The van der Waals surface area contributed by atoms with Gasteiger partial charge in [0.2, 0.25) is 5.91 Å². The normalized spacial score (nSPS) is 18.2. The van der Waals surface area contributed by atoms with Crippen LogP contribution in [0.25, 0.3) is 10.7 Å². The number of thioether (sulfide) groups is 1. The summed E-state index contributed by atoms with van der Waals surface area (Å²) in [5.74, 6) is 2.94. The summed E-state index contributed by atoms with van der Waals surface area (Å²) in [6.07, 6.45) is 4.17. The van der Waals surface area contributed by atoms with Gasteiger partial charge in [0.05, 0.1) is 30.9 Å². The van der Waals surface area contributed by atoms with Gasteiger partial charge in [-0.15, -0.1) is 21.5 Å². The van der Waals surface area contributed by atoms with E-state index in [4.69, 9.17) is 9.47 Å². The van der Waals surface area contributed by atoms with Crippen molar-refractivity contribution in [2.24, 2.45) is 0 Å². The third-order valence-electron chi connectivity index (χ3n) is 6.01. The maximum Gasteiger partial charge on any atom is 0.233 e. The fraction of sp³-hybridized carbons (Fsp3) is 0.435. The monoisotopic (exact) mass is 470 g/mol. The third kappa shape index (κ3) is 4.11. The second-order valence-electron chi connectivity index (χ2n) is 8.03. The molecule has 3 heterocycles. The molecule has 2 aliphatic rings. The fourth-order valence-corrected chi connectivity index (χ4v) is 5.91. The molecule has 0 N–H and O–H groups in total. The van der Waals surface area contributed by atoms with Crippen molar-refractivity contribution in [3.05, 3.63) is 41.3 Å². The van der Waals surface area contributed by atoms with Gasteiger partial charge in [0.15, 0.2) is 11.0 Å². The number of carbonyl (C=O) groups excluding carboxylic acids is 1. The van der Waals surface area contributed by atoms with Crippen LogP contribution >= 0.6 is 23.1 Å². The summed E-state index contributed by atoms with van der Waals surface area (Å²) in [5, 5.41) is 11.8. The van der Waals surface area contributed by atoms with E-state index in [9.17, 15) is 4.79 Å². The van der Waals surface area contributed by atoms with E-state index < -0.39 is 0 Å². The van der Waals surface area contributed by atoms with Gasteiger partial charge in [-0.3, -0.25) is 9.36 Å². The molecule has 7 nitrogen and oxygen atoms in total. The Morgan fingerprint density at radius 2 is 2.06 bits per heavy atom. The van der Waals surface area contributed by atoms with Crippen LogP contribution in [0, 0.1) is 0 Å². The first-order valence-electron chi connectivity index (χ1n) is 10.8. The smallest absolute Gasteiger partial charge is 0.233 e. The Labute approximate surface area is 195 Å². The van der Waals surface area contributed by atoms with Crippen molar-refractivity contribution in [3.8, 4) is 22.2 Å². The van der Waals surface area contributed by atoms with Gasteiger partial charge in [0, 0.05) is 18.2 Å². The molecule has 168 valence electrons. The standard InChI is InChI=1S/C23H26N4O3S2/c1-29-16-9-10-19(30-2)17(13-16)18-5-3-11-26(18)21(28)14-32-23-25-24-22(20-6-4-12-31-20)27(23)15-7-8-15/h4,6,9-10,12-13,15,18H,3,5,7-8,11,14H2,1-2H3/t18-/m0/s1. The highest BCUT2D eigenvalue weighted by Crippen LogP contribution is 2.43. The number of thiophene rings is 1. The van der Waals surface area contributed by atoms with E-state index in [1.165, 1.54) is 11.8 Å². The molecular weight excluding hydrogens is 444 g/mol. The van der Waals surface area contributed by atoms with E-state index in [0.717, 1.165) is 65.1 Å². The van der Waals surface area contributed by atoms with Crippen LogP contribution in [0.3, 0.4) is 0 Å². The number of amides is 1. The lowest BCUT2D eigenvalue weighted by atomic mass is 10.0. The molecule has 1 aromatic carbocycles. The summed E-state index contributed by atoms with van der Waals surface area (Å²) in [4.78, 5) is 16.4. The van der Waals surface area contributed by atoms with Crippen LogP contribution in [0.1, 0.15) is 43.3 Å². The Morgan fingerprint density at radius 1 is 1.19 bits per heavy atom. The highest BCUT2D eigenvalue weighted by molar-refractivity contribution is 7.99. The molecule has 1 amide bonds. The molecule has 1 atom stereocenters. The van der Waals surface area contributed by atoms with Crippen molar-refractivity contribution < 1.29 is 14.3 Å². The molecule has 9 heteroatoms. The van der Waals surface area contributed by atoms with Crippen LogP contribution in [0.15, 0.2) is 40.9 Å². The first-order chi connectivity index (χ1) is 15.7. The average molecular weight is 471 g/mol.